The van der Waals surface area contributed by atoms with Gasteiger partial charge in [-0.3, -0.25) is 4.79 Å². The van der Waals surface area contributed by atoms with Gasteiger partial charge in [0.25, 0.3) is 0 Å². The zero-order valence-electron chi connectivity index (χ0n) is 14.4. The van der Waals surface area contributed by atoms with Crippen LogP contribution in [-0.2, 0) is 4.79 Å². The molecule has 1 N–H and O–H groups in total. The van der Waals surface area contributed by atoms with E-state index in [-0.39, 0.29) is 5.91 Å². The van der Waals surface area contributed by atoms with Gasteiger partial charge in [-0.15, -0.1) is 6.58 Å². The van der Waals surface area contributed by atoms with Gasteiger partial charge in [0, 0.05) is 12.5 Å². The van der Waals surface area contributed by atoms with Gasteiger partial charge in [-0.05, 0) is 31.4 Å². The number of methoxy groups -OCH3 is 2. The van der Waals surface area contributed by atoms with E-state index in [4.69, 9.17) is 9.47 Å². The van der Waals surface area contributed by atoms with Crippen LogP contribution >= 0.6 is 0 Å². The number of carbonyl (C=O) groups is 1. The van der Waals surface area contributed by atoms with E-state index in [1.54, 1.807) is 32.4 Å². The van der Waals surface area contributed by atoms with Crippen molar-refractivity contribution in [1.29, 1.82) is 0 Å². The molecule has 0 radical (unpaired) electrons. The van der Waals surface area contributed by atoms with Crippen molar-refractivity contribution in [3.63, 3.8) is 0 Å². The standard InChI is InChI=1S/C19H29NO3/c1-4-5-6-7-8-9-10-11-12-19(21)20-17-15-16(22-2)13-14-18(17)23-3/h4,13-15H,1,5-12H2,2-3H3,(H,20,21). The van der Waals surface area contributed by atoms with Gasteiger partial charge in [-0.1, -0.05) is 31.8 Å². The van der Waals surface area contributed by atoms with Crippen molar-refractivity contribution in [1.82, 2.24) is 0 Å². The number of nitrogens with one attached hydrogen (secondary N) is 1. The summed E-state index contributed by atoms with van der Waals surface area (Å²) >= 11 is 0. The van der Waals surface area contributed by atoms with Crippen molar-refractivity contribution in [2.45, 2.75) is 51.4 Å². The molecule has 1 rings (SSSR count). The number of rotatable bonds is 12. The molecule has 0 aliphatic rings. The van der Waals surface area contributed by atoms with Crippen molar-refractivity contribution in [3.8, 4) is 11.5 Å². The predicted octanol–water partition coefficient (Wildman–Crippen LogP) is 4.95. The molecule has 0 heterocycles. The number of anilines is 1. The molecule has 0 aliphatic carbocycles. The monoisotopic (exact) mass is 319 g/mol. The summed E-state index contributed by atoms with van der Waals surface area (Å²) in [6, 6.07) is 5.37. The lowest BCUT2D eigenvalue weighted by molar-refractivity contribution is -0.116. The highest BCUT2D eigenvalue weighted by atomic mass is 16.5. The van der Waals surface area contributed by atoms with Crippen LogP contribution in [0.3, 0.4) is 0 Å². The molecule has 0 fully saturated rings. The van der Waals surface area contributed by atoms with E-state index in [9.17, 15) is 4.79 Å². The molecular formula is C19H29NO3. The molecule has 0 saturated carbocycles. The van der Waals surface area contributed by atoms with E-state index in [0.717, 1.165) is 19.3 Å². The van der Waals surface area contributed by atoms with Crippen LogP contribution in [0.5, 0.6) is 11.5 Å². The third kappa shape index (κ3) is 7.73. The summed E-state index contributed by atoms with van der Waals surface area (Å²) in [6.07, 6.45) is 10.5. The van der Waals surface area contributed by atoms with Crippen molar-refractivity contribution in [2.75, 3.05) is 19.5 Å². The third-order valence-electron chi connectivity index (χ3n) is 3.74. The molecular weight excluding hydrogens is 290 g/mol. The Morgan fingerprint density at radius 3 is 2.43 bits per heavy atom. The van der Waals surface area contributed by atoms with Crippen LogP contribution < -0.4 is 14.8 Å². The average molecular weight is 319 g/mol. The lowest BCUT2D eigenvalue weighted by Crippen LogP contribution is -2.12. The molecule has 1 amide bonds. The Bertz CT molecular complexity index is 486. The number of amides is 1. The first-order valence-electron chi connectivity index (χ1n) is 8.34. The molecule has 0 bridgehead atoms. The van der Waals surface area contributed by atoms with Crippen LogP contribution in [0.1, 0.15) is 51.4 Å². The van der Waals surface area contributed by atoms with Crippen LogP contribution in [0.15, 0.2) is 30.9 Å². The summed E-state index contributed by atoms with van der Waals surface area (Å²) in [5.41, 5.74) is 0.654. The maximum absolute atomic E-state index is 12.0. The summed E-state index contributed by atoms with van der Waals surface area (Å²) in [7, 11) is 3.19. The lowest BCUT2D eigenvalue weighted by Gasteiger charge is -2.11. The third-order valence-corrected chi connectivity index (χ3v) is 3.74. The highest BCUT2D eigenvalue weighted by Gasteiger charge is 2.08. The second kappa shape index (κ2) is 11.6. The smallest absolute Gasteiger partial charge is 0.224 e. The first-order valence-corrected chi connectivity index (χ1v) is 8.34. The van der Waals surface area contributed by atoms with E-state index in [2.05, 4.69) is 11.9 Å². The molecule has 0 unspecified atom stereocenters. The molecule has 0 aliphatic heterocycles. The Morgan fingerprint density at radius 1 is 1.09 bits per heavy atom. The van der Waals surface area contributed by atoms with Crippen LogP contribution in [0.25, 0.3) is 0 Å². The molecule has 0 atom stereocenters. The van der Waals surface area contributed by atoms with Gasteiger partial charge in [0.15, 0.2) is 0 Å². The summed E-state index contributed by atoms with van der Waals surface area (Å²) in [5.74, 6) is 1.35. The Balaban J connectivity index is 2.27. The molecule has 0 aromatic heterocycles. The minimum atomic E-state index is 0.0169. The number of benzene rings is 1. The van der Waals surface area contributed by atoms with Crippen LogP contribution in [-0.4, -0.2) is 20.1 Å². The SMILES string of the molecule is C=CCCCCCCCCC(=O)Nc1cc(OC)ccc1OC. The Labute approximate surface area is 139 Å². The molecule has 128 valence electrons. The minimum absolute atomic E-state index is 0.0169. The fraction of sp³-hybridized carbons (Fsp3) is 0.526. The average Bonchev–Trinajstić information content (AvgIpc) is 2.57. The highest BCUT2D eigenvalue weighted by molar-refractivity contribution is 5.92. The minimum Gasteiger partial charge on any atom is -0.497 e. The molecule has 1 aromatic carbocycles. The van der Waals surface area contributed by atoms with Gasteiger partial charge in [-0.25, -0.2) is 0 Å². The van der Waals surface area contributed by atoms with E-state index >= 15 is 0 Å². The quantitative estimate of drug-likeness (QED) is 0.438. The topological polar surface area (TPSA) is 47.6 Å². The Hall–Kier alpha value is -1.97. The van der Waals surface area contributed by atoms with Gasteiger partial charge in [0.05, 0.1) is 19.9 Å². The zero-order chi connectivity index (χ0) is 16.9. The first-order chi connectivity index (χ1) is 11.2. The van der Waals surface area contributed by atoms with E-state index in [1.165, 1.54) is 25.7 Å². The zero-order valence-corrected chi connectivity index (χ0v) is 14.4. The largest absolute Gasteiger partial charge is 0.497 e. The van der Waals surface area contributed by atoms with Gasteiger partial charge in [0.1, 0.15) is 11.5 Å². The molecule has 0 spiro atoms. The van der Waals surface area contributed by atoms with Crippen molar-refractivity contribution in [2.24, 2.45) is 0 Å². The Morgan fingerprint density at radius 2 is 1.78 bits per heavy atom. The molecule has 23 heavy (non-hydrogen) atoms. The first kappa shape index (κ1) is 19.1. The van der Waals surface area contributed by atoms with Gasteiger partial charge >= 0.3 is 0 Å². The molecule has 4 heteroatoms. The molecule has 0 saturated heterocycles. The van der Waals surface area contributed by atoms with Crippen molar-refractivity contribution >= 4 is 11.6 Å². The molecule has 1 aromatic rings. The van der Waals surface area contributed by atoms with Gasteiger partial charge in [-0.2, -0.15) is 0 Å². The van der Waals surface area contributed by atoms with Gasteiger partial charge < -0.3 is 14.8 Å². The Kier molecular flexibility index (Phi) is 9.60. The van der Waals surface area contributed by atoms with Crippen molar-refractivity contribution in [3.05, 3.63) is 30.9 Å². The highest BCUT2D eigenvalue weighted by Crippen LogP contribution is 2.29. The number of carbonyl (C=O) groups excluding carboxylic acids is 1. The van der Waals surface area contributed by atoms with E-state index < -0.39 is 0 Å². The maximum atomic E-state index is 12.0. The number of hydrogen-bond acceptors (Lipinski definition) is 3. The van der Waals surface area contributed by atoms with E-state index in [0.29, 0.717) is 23.6 Å². The molecule has 4 nitrogen and oxygen atoms in total. The van der Waals surface area contributed by atoms with Crippen LogP contribution in [0.2, 0.25) is 0 Å². The summed E-state index contributed by atoms with van der Waals surface area (Å²) in [6.45, 7) is 3.72. The summed E-state index contributed by atoms with van der Waals surface area (Å²) < 4.78 is 10.4. The second-order valence-corrected chi connectivity index (χ2v) is 5.56. The summed E-state index contributed by atoms with van der Waals surface area (Å²) in [4.78, 5) is 12.0. The number of hydrogen-bond donors (Lipinski definition) is 1. The van der Waals surface area contributed by atoms with Crippen LogP contribution in [0, 0.1) is 0 Å². The second-order valence-electron chi connectivity index (χ2n) is 5.56. The maximum Gasteiger partial charge on any atom is 0.224 e. The number of allylic oxidation sites excluding steroid dienone is 1. The fourth-order valence-electron chi connectivity index (χ4n) is 2.41. The summed E-state index contributed by atoms with van der Waals surface area (Å²) in [5, 5.41) is 2.90. The van der Waals surface area contributed by atoms with Crippen LogP contribution in [0.4, 0.5) is 5.69 Å². The van der Waals surface area contributed by atoms with Gasteiger partial charge in [0.2, 0.25) is 5.91 Å². The fourth-order valence-corrected chi connectivity index (χ4v) is 2.41. The normalized spacial score (nSPS) is 10.2. The number of unbranched alkanes of at least 4 members (excludes halogenated alkanes) is 6. The van der Waals surface area contributed by atoms with Crippen molar-refractivity contribution < 1.29 is 14.3 Å². The number of ether oxygens (including phenoxy) is 2. The van der Waals surface area contributed by atoms with E-state index in [1.807, 2.05) is 6.08 Å². The predicted molar refractivity (Wildman–Crippen MR) is 95.3 cm³/mol. The lowest BCUT2D eigenvalue weighted by atomic mass is 10.1.